The van der Waals surface area contributed by atoms with E-state index in [1.807, 2.05) is 31.5 Å². The Labute approximate surface area is 88.6 Å². The van der Waals surface area contributed by atoms with Crippen LogP contribution < -0.4 is 0 Å². The monoisotopic (exact) mass is 197 g/mol. The Hall–Kier alpha value is -2.03. The fourth-order valence-electron chi connectivity index (χ4n) is 1.25. The van der Waals surface area contributed by atoms with Gasteiger partial charge in [0.2, 0.25) is 0 Å². The molecule has 0 aromatic carbocycles. The van der Waals surface area contributed by atoms with Crippen LogP contribution in [-0.2, 0) is 0 Å². The molecular weight excluding hydrogens is 186 g/mol. The van der Waals surface area contributed by atoms with Crippen LogP contribution in [0.1, 0.15) is 16.8 Å². The predicted octanol–water partition coefficient (Wildman–Crippen LogP) is 2.35. The van der Waals surface area contributed by atoms with Crippen molar-refractivity contribution in [3.63, 3.8) is 0 Å². The van der Waals surface area contributed by atoms with Gasteiger partial charge in [-0.2, -0.15) is 0 Å². The SMILES string of the molecule is Cc1cncc(C=Cc2cnccn2)c1. The smallest absolute Gasteiger partial charge is 0.0813 e. The van der Waals surface area contributed by atoms with E-state index in [9.17, 15) is 0 Å². The lowest BCUT2D eigenvalue weighted by Gasteiger charge is -1.94. The molecule has 0 radical (unpaired) electrons. The van der Waals surface area contributed by atoms with E-state index in [1.54, 1.807) is 18.6 Å². The first-order chi connectivity index (χ1) is 7.34. The zero-order chi connectivity index (χ0) is 10.5. The Bertz CT molecular complexity index is 463. The molecule has 2 rings (SSSR count). The molecule has 0 bridgehead atoms. The zero-order valence-corrected chi connectivity index (χ0v) is 8.46. The summed E-state index contributed by atoms with van der Waals surface area (Å²) in [5.74, 6) is 0. The van der Waals surface area contributed by atoms with E-state index in [4.69, 9.17) is 0 Å². The van der Waals surface area contributed by atoms with Crippen LogP contribution in [0.2, 0.25) is 0 Å². The van der Waals surface area contributed by atoms with Crippen molar-refractivity contribution in [1.82, 2.24) is 15.0 Å². The van der Waals surface area contributed by atoms with Gasteiger partial charge in [-0.1, -0.05) is 6.08 Å². The van der Waals surface area contributed by atoms with Gasteiger partial charge >= 0.3 is 0 Å². The summed E-state index contributed by atoms with van der Waals surface area (Å²) in [4.78, 5) is 12.2. The van der Waals surface area contributed by atoms with E-state index >= 15 is 0 Å². The van der Waals surface area contributed by atoms with Gasteiger partial charge < -0.3 is 0 Å². The fourth-order valence-corrected chi connectivity index (χ4v) is 1.25. The van der Waals surface area contributed by atoms with Crippen LogP contribution in [0.5, 0.6) is 0 Å². The largest absolute Gasteiger partial charge is 0.264 e. The zero-order valence-electron chi connectivity index (χ0n) is 8.46. The van der Waals surface area contributed by atoms with Crippen molar-refractivity contribution in [2.24, 2.45) is 0 Å². The van der Waals surface area contributed by atoms with E-state index in [-0.39, 0.29) is 0 Å². The molecule has 0 atom stereocenters. The first-order valence-corrected chi connectivity index (χ1v) is 4.70. The molecule has 0 spiro atoms. The third-order valence-electron chi connectivity index (χ3n) is 1.93. The van der Waals surface area contributed by atoms with Crippen LogP contribution in [-0.4, -0.2) is 15.0 Å². The Morgan fingerprint density at radius 2 is 1.93 bits per heavy atom. The fraction of sp³-hybridized carbons (Fsp3) is 0.0833. The van der Waals surface area contributed by atoms with Gasteiger partial charge in [0, 0.05) is 24.8 Å². The normalized spacial score (nSPS) is 10.7. The number of hydrogen-bond acceptors (Lipinski definition) is 3. The topological polar surface area (TPSA) is 38.7 Å². The average Bonchev–Trinajstić information content (AvgIpc) is 2.28. The van der Waals surface area contributed by atoms with Gasteiger partial charge in [-0.15, -0.1) is 0 Å². The molecule has 3 nitrogen and oxygen atoms in total. The highest BCUT2D eigenvalue weighted by atomic mass is 14.8. The highest BCUT2D eigenvalue weighted by Gasteiger charge is 1.89. The second-order valence-corrected chi connectivity index (χ2v) is 3.26. The third kappa shape index (κ3) is 2.71. The predicted molar refractivity (Wildman–Crippen MR) is 59.9 cm³/mol. The lowest BCUT2D eigenvalue weighted by molar-refractivity contribution is 1.18. The van der Waals surface area contributed by atoms with Crippen LogP contribution in [0.25, 0.3) is 12.2 Å². The van der Waals surface area contributed by atoms with Crippen LogP contribution in [0.4, 0.5) is 0 Å². The van der Waals surface area contributed by atoms with Crippen molar-refractivity contribution in [3.05, 3.63) is 53.9 Å². The molecule has 0 saturated heterocycles. The minimum atomic E-state index is 0.846. The molecule has 0 aliphatic carbocycles. The van der Waals surface area contributed by atoms with Gasteiger partial charge in [0.15, 0.2) is 0 Å². The van der Waals surface area contributed by atoms with E-state index in [0.29, 0.717) is 0 Å². The molecular formula is C12H11N3. The number of hydrogen-bond donors (Lipinski definition) is 0. The Morgan fingerprint density at radius 3 is 2.67 bits per heavy atom. The molecule has 3 heteroatoms. The molecule has 2 heterocycles. The first-order valence-electron chi connectivity index (χ1n) is 4.70. The van der Waals surface area contributed by atoms with Crippen LogP contribution in [0, 0.1) is 6.92 Å². The van der Waals surface area contributed by atoms with Gasteiger partial charge in [0.25, 0.3) is 0 Å². The summed E-state index contributed by atoms with van der Waals surface area (Å²) in [6.07, 6.45) is 12.6. The van der Waals surface area contributed by atoms with E-state index in [1.165, 1.54) is 0 Å². The summed E-state index contributed by atoms with van der Waals surface area (Å²) in [5, 5.41) is 0. The van der Waals surface area contributed by atoms with Crippen LogP contribution >= 0.6 is 0 Å². The standard InChI is InChI=1S/C12H11N3/c1-10-6-11(8-14-7-10)2-3-12-9-13-4-5-15-12/h2-9H,1H3. The number of aryl methyl sites for hydroxylation is 1. The molecule has 0 fully saturated rings. The second-order valence-electron chi connectivity index (χ2n) is 3.26. The minimum absolute atomic E-state index is 0.846. The van der Waals surface area contributed by atoms with Crippen molar-refractivity contribution in [3.8, 4) is 0 Å². The lowest BCUT2D eigenvalue weighted by atomic mass is 10.2. The number of rotatable bonds is 2. The van der Waals surface area contributed by atoms with E-state index < -0.39 is 0 Å². The first kappa shape index (κ1) is 9.52. The molecule has 2 aromatic rings. The van der Waals surface area contributed by atoms with Crippen molar-refractivity contribution in [2.45, 2.75) is 6.92 Å². The quantitative estimate of drug-likeness (QED) is 0.741. The van der Waals surface area contributed by atoms with Crippen molar-refractivity contribution in [2.75, 3.05) is 0 Å². The van der Waals surface area contributed by atoms with Gasteiger partial charge in [-0.3, -0.25) is 15.0 Å². The summed E-state index contributed by atoms with van der Waals surface area (Å²) >= 11 is 0. The maximum absolute atomic E-state index is 4.15. The maximum Gasteiger partial charge on any atom is 0.0813 e. The summed E-state index contributed by atoms with van der Waals surface area (Å²) in [7, 11) is 0. The summed E-state index contributed by atoms with van der Waals surface area (Å²) in [5.41, 5.74) is 3.07. The summed E-state index contributed by atoms with van der Waals surface area (Å²) < 4.78 is 0. The molecule has 0 amide bonds. The number of pyridine rings is 1. The number of nitrogens with zero attached hydrogens (tertiary/aromatic N) is 3. The van der Waals surface area contributed by atoms with Gasteiger partial charge in [-0.25, -0.2) is 0 Å². The highest BCUT2D eigenvalue weighted by Crippen LogP contribution is 2.05. The summed E-state index contributed by atoms with van der Waals surface area (Å²) in [6, 6.07) is 2.07. The van der Waals surface area contributed by atoms with Crippen LogP contribution in [0.3, 0.4) is 0 Å². The molecule has 0 N–H and O–H groups in total. The number of aromatic nitrogens is 3. The van der Waals surface area contributed by atoms with E-state index in [2.05, 4.69) is 21.0 Å². The van der Waals surface area contributed by atoms with Gasteiger partial charge in [0.05, 0.1) is 11.9 Å². The van der Waals surface area contributed by atoms with Crippen molar-refractivity contribution >= 4 is 12.2 Å². The van der Waals surface area contributed by atoms with Crippen molar-refractivity contribution < 1.29 is 0 Å². The third-order valence-corrected chi connectivity index (χ3v) is 1.93. The van der Waals surface area contributed by atoms with Gasteiger partial charge in [0.1, 0.15) is 0 Å². The second kappa shape index (κ2) is 4.46. The molecule has 0 unspecified atom stereocenters. The highest BCUT2D eigenvalue weighted by molar-refractivity contribution is 5.67. The molecule has 15 heavy (non-hydrogen) atoms. The Kier molecular flexibility index (Phi) is 2.83. The molecule has 0 saturated carbocycles. The van der Waals surface area contributed by atoms with Gasteiger partial charge in [-0.05, 0) is 30.2 Å². The van der Waals surface area contributed by atoms with Crippen LogP contribution in [0.15, 0.2) is 37.1 Å². The average molecular weight is 197 g/mol. The van der Waals surface area contributed by atoms with E-state index in [0.717, 1.165) is 16.8 Å². The lowest BCUT2D eigenvalue weighted by Crippen LogP contribution is -1.81. The molecule has 2 aromatic heterocycles. The Balaban J connectivity index is 2.19. The minimum Gasteiger partial charge on any atom is -0.264 e. The molecule has 0 aliphatic rings. The Morgan fingerprint density at radius 1 is 1.00 bits per heavy atom. The summed E-state index contributed by atoms with van der Waals surface area (Å²) in [6.45, 7) is 2.02. The maximum atomic E-state index is 4.15. The van der Waals surface area contributed by atoms with Crippen molar-refractivity contribution in [1.29, 1.82) is 0 Å². The molecule has 0 aliphatic heterocycles. The molecule has 74 valence electrons.